The van der Waals surface area contributed by atoms with Crippen LogP contribution >= 0.6 is 0 Å². The average Bonchev–Trinajstić information content (AvgIpc) is 2.98. The highest BCUT2D eigenvalue weighted by Gasteiger charge is 2.20. The number of pyridine rings is 1. The van der Waals surface area contributed by atoms with E-state index < -0.39 is 4.92 Å². The van der Waals surface area contributed by atoms with E-state index >= 15 is 0 Å². The monoisotopic (exact) mass is 288 g/mol. The number of nitro groups is 1. The van der Waals surface area contributed by atoms with Gasteiger partial charge in [0, 0.05) is 32.4 Å². The van der Waals surface area contributed by atoms with E-state index in [2.05, 4.69) is 14.8 Å². The molecule has 110 valence electrons. The van der Waals surface area contributed by atoms with Crippen molar-refractivity contribution in [2.45, 2.75) is 6.54 Å². The van der Waals surface area contributed by atoms with Gasteiger partial charge in [-0.15, -0.1) is 0 Å². The molecule has 1 aliphatic heterocycles. The summed E-state index contributed by atoms with van der Waals surface area (Å²) in [6.07, 6.45) is 1.80. The molecule has 3 heterocycles. The number of rotatable bonds is 4. The van der Waals surface area contributed by atoms with Gasteiger partial charge < -0.3 is 9.32 Å². The van der Waals surface area contributed by atoms with Crippen molar-refractivity contribution in [3.05, 3.63) is 52.4 Å². The van der Waals surface area contributed by atoms with E-state index in [0.717, 1.165) is 32.0 Å². The van der Waals surface area contributed by atoms with Crippen molar-refractivity contribution in [3.63, 3.8) is 0 Å². The van der Waals surface area contributed by atoms with E-state index in [1.165, 1.54) is 6.07 Å². The fraction of sp³-hybridized carbons (Fsp3) is 0.357. The van der Waals surface area contributed by atoms with E-state index in [0.29, 0.717) is 12.3 Å². The lowest BCUT2D eigenvalue weighted by Gasteiger charge is -2.34. The molecule has 0 atom stereocenters. The molecule has 0 N–H and O–H groups in total. The van der Waals surface area contributed by atoms with Gasteiger partial charge in [-0.25, -0.2) is 4.98 Å². The Morgan fingerprint density at radius 1 is 1.19 bits per heavy atom. The van der Waals surface area contributed by atoms with Gasteiger partial charge in [0.25, 0.3) is 0 Å². The lowest BCUT2D eigenvalue weighted by molar-refractivity contribution is -0.402. The smallest absolute Gasteiger partial charge is 0.404 e. The number of nitrogens with zero attached hydrogens (tertiary/aromatic N) is 4. The first-order valence-corrected chi connectivity index (χ1v) is 6.84. The van der Waals surface area contributed by atoms with Gasteiger partial charge >= 0.3 is 5.88 Å². The Morgan fingerprint density at radius 2 is 2.00 bits per heavy atom. The molecule has 0 saturated carbocycles. The lowest BCUT2D eigenvalue weighted by atomic mass is 10.3. The highest BCUT2D eigenvalue weighted by atomic mass is 16.6. The van der Waals surface area contributed by atoms with Gasteiger partial charge in [0.2, 0.25) is 0 Å². The Morgan fingerprint density at radius 3 is 2.62 bits per heavy atom. The van der Waals surface area contributed by atoms with Crippen LogP contribution in [0.25, 0.3) is 0 Å². The van der Waals surface area contributed by atoms with Gasteiger partial charge in [-0.1, -0.05) is 6.07 Å². The van der Waals surface area contributed by atoms with Crippen LogP contribution < -0.4 is 4.90 Å². The highest BCUT2D eigenvalue weighted by molar-refractivity contribution is 5.38. The molecule has 0 amide bonds. The molecular weight excluding hydrogens is 272 g/mol. The second-order valence-electron chi connectivity index (χ2n) is 4.95. The third-order valence-electron chi connectivity index (χ3n) is 3.55. The van der Waals surface area contributed by atoms with Gasteiger partial charge in [0.1, 0.15) is 16.5 Å². The molecule has 2 aromatic heterocycles. The summed E-state index contributed by atoms with van der Waals surface area (Å²) in [5.74, 6) is 1.43. The molecule has 1 fully saturated rings. The minimum atomic E-state index is -0.511. The maximum Gasteiger partial charge on any atom is 0.433 e. The zero-order valence-corrected chi connectivity index (χ0v) is 11.5. The van der Waals surface area contributed by atoms with Crippen LogP contribution in [-0.2, 0) is 6.54 Å². The first-order chi connectivity index (χ1) is 10.2. The van der Waals surface area contributed by atoms with Gasteiger partial charge in [0.15, 0.2) is 0 Å². The summed E-state index contributed by atoms with van der Waals surface area (Å²) in [6, 6.07) is 8.97. The minimum absolute atomic E-state index is 0.197. The van der Waals surface area contributed by atoms with Crippen LogP contribution in [0, 0.1) is 10.1 Å². The third kappa shape index (κ3) is 3.19. The van der Waals surface area contributed by atoms with Gasteiger partial charge in [-0.05, 0) is 18.2 Å². The van der Waals surface area contributed by atoms with Crippen LogP contribution in [0.1, 0.15) is 5.76 Å². The zero-order valence-electron chi connectivity index (χ0n) is 11.5. The van der Waals surface area contributed by atoms with Crippen LogP contribution in [0.4, 0.5) is 11.7 Å². The number of hydrogen-bond acceptors (Lipinski definition) is 6. The first-order valence-electron chi connectivity index (χ1n) is 6.84. The molecule has 0 bridgehead atoms. The summed E-state index contributed by atoms with van der Waals surface area (Å²) in [4.78, 5) is 18.9. The Hall–Kier alpha value is -2.41. The number of hydrogen-bond donors (Lipinski definition) is 0. The van der Waals surface area contributed by atoms with E-state index in [1.54, 1.807) is 12.3 Å². The average molecular weight is 288 g/mol. The largest absolute Gasteiger partial charge is 0.433 e. The Bertz CT molecular complexity index is 606. The van der Waals surface area contributed by atoms with Crippen LogP contribution in [0.2, 0.25) is 0 Å². The van der Waals surface area contributed by atoms with Crippen molar-refractivity contribution in [1.29, 1.82) is 0 Å². The number of furan rings is 1. The summed E-state index contributed by atoms with van der Waals surface area (Å²) in [6.45, 7) is 4.14. The Labute approximate surface area is 121 Å². The molecule has 0 aliphatic carbocycles. The molecule has 0 radical (unpaired) electrons. The van der Waals surface area contributed by atoms with Crippen molar-refractivity contribution in [2.24, 2.45) is 0 Å². The highest BCUT2D eigenvalue weighted by Crippen LogP contribution is 2.19. The second kappa shape index (κ2) is 5.92. The summed E-state index contributed by atoms with van der Waals surface area (Å²) in [7, 11) is 0. The van der Waals surface area contributed by atoms with Gasteiger partial charge in [-0.3, -0.25) is 15.0 Å². The third-order valence-corrected chi connectivity index (χ3v) is 3.55. The van der Waals surface area contributed by atoms with Crippen molar-refractivity contribution < 1.29 is 9.34 Å². The molecule has 2 aromatic rings. The number of piperazine rings is 1. The maximum atomic E-state index is 10.6. The van der Waals surface area contributed by atoms with Crippen molar-refractivity contribution >= 4 is 11.7 Å². The van der Waals surface area contributed by atoms with Crippen molar-refractivity contribution in [2.75, 3.05) is 31.1 Å². The van der Waals surface area contributed by atoms with Crippen LogP contribution in [0.5, 0.6) is 0 Å². The minimum Gasteiger partial charge on any atom is -0.404 e. The summed E-state index contributed by atoms with van der Waals surface area (Å²) in [5.41, 5.74) is 0. The molecule has 7 heteroatoms. The van der Waals surface area contributed by atoms with E-state index in [9.17, 15) is 10.1 Å². The van der Waals surface area contributed by atoms with Crippen LogP contribution in [0.3, 0.4) is 0 Å². The molecule has 0 spiro atoms. The number of aromatic nitrogens is 1. The van der Waals surface area contributed by atoms with Gasteiger partial charge in [-0.2, -0.15) is 0 Å². The Kier molecular flexibility index (Phi) is 3.83. The lowest BCUT2D eigenvalue weighted by Crippen LogP contribution is -2.46. The van der Waals surface area contributed by atoms with E-state index in [4.69, 9.17) is 4.42 Å². The molecule has 1 saturated heterocycles. The fourth-order valence-corrected chi connectivity index (χ4v) is 2.45. The standard InChI is InChI=1S/C14H16N4O3/c19-18(20)14-5-4-12(21-14)11-16-7-9-17(10-8-16)13-3-1-2-6-15-13/h1-6H,7-11H2. The molecule has 0 unspecified atom stereocenters. The molecule has 21 heavy (non-hydrogen) atoms. The fourth-order valence-electron chi connectivity index (χ4n) is 2.45. The molecule has 1 aliphatic rings. The predicted octanol–water partition coefficient (Wildman–Crippen LogP) is 1.91. The van der Waals surface area contributed by atoms with Crippen molar-refractivity contribution in [3.8, 4) is 0 Å². The maximum absolute atomic E-state index is 10.6. The van der Waals surface area contributed by atoms with E-state index in [1.807, 2.05) is 18.2 Å². The van der Waals surface area contributed by atoms with Crippen LogP contribution in [0.15, 0.2) is 40.9 Å². The quantitative estimate of drug-likeness (QED) is 0.632. The second-order valence-corrected chi connectivity index (χ2v) is 4.95. The zero-order chi connectivity index (χ0) is 14.7. The normalized spacial score (nSPS) is 16.1. The first kappa shape index (κ1) is 13.6. The van der Waals surface area contributed by atoms with Gasteiger partial charge in [0.05, 0.1) is 12.6 Å². The SMILES string of the molecule is O=[N+]([O-])c1ccc(CN2CCN(c3ccccn3)CC2)o1. The summed E-state index contributed by atoms with van der Waals surface area (Å²) in [5, 5.41) is 10.6. The summed E-state index contributed by atoms with van der Waals surface area (Å²) < 4.78 is 5.19. The number of anilines is 1. The molecule has 0 aromatic carbocycles. The topological polar surface area (TPSA) is 75.7 Å². The van der Waals surface area contributed by atoms with E-state index in [-0.39, 0.29) is 5.88 Å². The molecular formula is C14H16N4O3. The Balaban J connectivity index is 1.55. The predicted molar refractivity (Wildman–Crippen MR) is 77.1 cm³/mol. The summed E-state index contributed by atoms with van der Waals surface area (Å²) >= 11 is 0. The van der Waals surface area contributed by atoms with Crippen LogP contribution in [-0.4, -0.2) is 41.0 Å². The molecule has 3 rings (SSSR count). The molecule has 7 nitrogen and oxygen atoms in total. The van der Waals surface area contributed by atoms with Crippen molar-refractivity contribution in [1.82, 2.24) is 9.88 Å².